The number of aromatic nitrogens is 2. The van der Waals surface area contributed by atoms with Crippen molar-refractivity contribution in [3.8, 4) is 44.5 Å². The SMILES string of the molecule is Cc1cc(-c2c3ccccc3c(-c3ccc(-c4cccnc4)c(C)c3)c3ccccc23)ccc1-c1cccnc1. The molecule has 0 spiro atoms. The molecule has 190 valence electrons. The van der Waals surface area contributed by atoms with Crippen LogP contribution in [-0.4, -0.2) is 9.97 Å². The lowest BCUT2D eigenvalue weighted by molar-refractivity contribution is 1.32. The summed E-state index contributed by atoms with van der Waals surface area (Å²) in [7, 11) is 0. The maximum absolute atomic E-state index is 4.33. The maximum atomic E-state index is 4.33. The van der Waals surface area contributed by atoms with Gasteiger partial charge in [-0.25, -0.2) is 0 Å². The van der Waals surface area contributed by atoms with Gasteiger partial charge in [-0.1, -0.05) is 97.1 Å². The monoisotopic (exact) mass is 512 g/mol. The van der Waals surface area contributed by atoms with E-state index in [4.69, 9.17) is 0 Å². The van der Waals surface area contributed by atoms with Crippen LogP contribution in [-0.2, 0) is 0 Å². The number of hydrogen-bond acceptors (Lipinski definition) is 2. The highest BCUT2D eigenvalue weighted by Gasteiger charge is 2.17. The molecule has 2 heterocycles. The van der Waals surface area contributed by atoms with Crippen molar-refractivity contribution in [2.24, 2.45) is 0 Å². The molecule has 0 saturated carbocycles. The van der Waals surface area contributed by atoms with Gasteiger partial charge in [-0.2, -0.15) is 0 Å². The molecule has 0 aliphatic heterocycles. The van der Waals surface area contributed by atoms with Crippen LogP contribution in [0.25, 0.3) is 66.1 Å². The molecule has 40 heavy (non-hydrogen) atoms. The first-order valence-corrected chi connectivity index (χ1v) is 13.7. The van der Waals surface area contributed by atoms with E-state index in [0.717, 1.165) is 11.1 Å². The van der Waals surface area contributed by atoms with Crippen molar-refractivity contribution in [2.75, 3.05) is 0 Å². The van der Waals surface area contributed by atoms with Gasteiger partial charge in [-0.3, -0.25) is 9.97 Å². The molecule has 0 radical (unpaired) electrons. The Morgan fingerprint density at radius 3 is 1.12 bits per heavy atom. The second-order valence-corrected chi connectivity index (χ2v) is 10.4. The summed E-state index contributed by atoms with van der Waals surface area (Å²) in [4.78, 5) is 8.66. The van der Waals surface area contributed by atoms with Gasteiger partial charge in [0.2, 0.25) is 0 Å². The third-order valence-corrected chi connectivity index (χ3v) is 7.91. The van der Waals surface area contributed by atoms with Crippen LogP contribution < -0.4 is 0 Å². The summed E-state index contributed by atoms with van der Waals surface area (Å²) in [5.41, 5.74) is 12.2. The molecule has 7 rings (SSSR count). The molecule has 0 aliphatic rings. The first-order valence-electron chi connectivity index (χ1n) is 13.7. The number of aryl methyl sites for hydroxylation is 2. The predicted octanol–water partition coefficient (Wildman–Crippen LogP) is 10.1. The van der Waals surface area contributed by atoms with E-state index in [9.17, 15) is 0 Å². The van der Waals surface area contributed by atoms with Gasteiger partial charge in [-0.05, 0) is 92.0 Å². The van der Waals surface area contributed by atoms with E-state index in [1.165, 1.54) is 66.1 Å². The predicted molar refractivity (Wildman–Crippen MR) is 168 cm³/mol. The maximum Gasteiger partial charge on any atom is 0.0346 e. The van der Waals surface area contributed by atoms with Gasteiger partial charge in [0.1, 0.15) is 0 Å². The number of rotatable bonds is 4. The Kier molecular flexibility index (Phi) is 5.94. The molecule has 2 aromatic heterocycles. The quantitative estimate of drug-likeness (QED) is 0.219. The largest absolute Gasteiger partial charge is 0.264 e. The average molecular weight is 513 g/mol. The Hall–Kier alpha value is -5.08. The summed E-state index contributed by atoms with van der Waals surface area (Å²) in [6.07, 6.45) is 7.51. The summed E-state index contributed by atoms with van der Waals surface area (Å²) < 4.78 is 0. The van der Waals surface area contributed by atoms with Crippen LogP contribution >= 0.6 is 0 Å². The van der Waals surface area contributed by atoms with Crippen LogP contribution in [0.3, 0.4) is 0 Å². The van der Waals surface area contributed by atoms with E-state index in [0.29, 0.717) is 0 Å². The second kappa shape index (κ2) is 9.91. The van der Waals surface area contributed by atoms with Crippen LogP contribution in [0.4, 0.5) is 0 Å². The van der Waals surface area contributed by atoms with Crippen molar-refractivity contribution in [2.45, 2.75) is 13.8 Å². The normalized spacial score (nSPS) is 11.2. The van der Waals surface area contributed by atoms with Gasteiger partial charge in [0.15, 0.2) is 0 Å². The van der Waals surface area contributed by atoms with Gasteiger partial charge in [0.25, 0.3) is 0 Å². The zero-order valence-corrected chi connectivity index (χ0v) is 22.6. The van der Waals surface area contributed by atoms with Gasteiger partial charge < -0.3 is 0 Å². The first-order chi connectivity index (χ1) is 19.7. The highest BCUT2D eigenvalue weighted by molar-refractivity contribution is 6.21. The van der Waals surface area contributed by atoms with Gasteiger partial charge >= 0.3 is 0 Å². The Bertz CT molecular complexity index is 1800. The van der Waals surface area contributed by atoms with Gasteiger partial charge in [0, 0.05) is 35.9 Å². The Morgan fingerprint density at radius 2 is 0.800 bits per heavy atom. The highest BCUT2D eigenvalue weighted by atomic mass is 14.6. The van der Waals surface area contributed by atoms with Gasteiger partial charge in [0.05, 0.1) is 0 Å². The number of benzene rings is 5. The van der Waals surface area contributed by atoms with Crippen molar-refractivity contribution in [3.05, 3.63) is 145 Å². The van der Waals surface area contributed by atoms with E-state index in [1.54, 1.807) is 0 Å². The molecule has 0 aliphatic carbocycles. The molecule has 0 bridgehead atoms. The minimum Gasteiger partial charge on any atom is -0.264 e. The number of pyridine rings is 2. The molecule has 5 aromatic carbocycles. The van der Waals surface area contributed by atoms with E-state index >= 15 is 0 Å². The van der Waals surface area contributed by atoms with Crippen molar-refractivity contribution in [1.82, 2.24) is 9.97 Å². The van der Waals surface area contributed by atoms with Crippen LogP contribution in [0.1, 0.15) is 11.1 Å². The van der Waals surface area contributed by atoms with Gasteiger partial charge in [-0.15, -0.1) is 0 Å². The zero-order valence-electron chi connectivity index (χ0n) is 22.6. The lowest BCUT2D eigenvalue weighted by atomic mass is 9.84. The average Bonchev–Trinajstić information content (AvgIpc) is 3.00. The van der Waals surface area contributed by atoms with Crippen LogP contribution in [0.5, 0.6) is 0 Å². The number of hydrogen-bond donors (Lipinski definition) is 0. The number of nitrogens with zero attached hydrogens (tertiary/aromatic N) is 2. The summed E-state index contributed by atoms with van der Waals surface area (Å²) in [6, 6.07) is 39.5. The molecule has 0 unspecified atom stereocenters. The van der Waals surface area contributed by atoms with Crippen LogP contribution in [0.2, 0.25) is 0 Å². The standard InChI is InChI=1S/C38H28N2/c1-25-21-27(15-17-31(25)29-9-7-19-39-23-29)37-33-11-3-5-13-35(33)38(36-14-6-4-12-34(36)37)28-16-18-32(26(2)22-28)30-10-8-20-40-24-30/h3-24H,1-2H3. The fraction of sp³-hybridized carbons (Fsp3) is 0.0526. The molecule has 0 N–H and O–H groups in total. The third kappa shape index (κ3) is 4.06. The summed E-state index contributed by atoms with van der Waals surface area (Å²) in [6.45, 7) is 4.38. The van der Waals surface area contributed by atoms with Crippen LogP contribution in [0, 0.1) is 13.8 Å². The number of fused-ring (bicyclic) bond motifs is 2. The van der Waals surface area contributed by atoms with E-state index in [-0.39, 0.29) is 0 Å². The Labute approximate surface area is 234 Å². The third-order valence-electron chi connectivity index (χ3n) is 7.91. The fourth-order valence-corrected chi connectivity index (χ4v) is 6.08. The van der Waals surface area contributed by atoms with Crippen molar-refractivity contribution in [1.29, 1.82) is 0 Å². The fourth-order valence-electron chi connectivity index (χ4n) is 6.08. The van der Waals surface area contributed by atoms with Crippen molar-refractivity contribution >= 4 is 21.5 Å². The molecule has 0 fully saturated rings. The molecule has 0 saturated heterocycles. The van der Waals surface area contributed by atoms with Crippen LogP contribution in [0.15, 0.2) is 134 Å². The lowest BCUT2D eigenvalue weighted by Crippen LogP contribution is -1.93. The Balaban J connectivity index is 1.46. The van der Waals surface area contributed by atoms with Crippen molar-refractivity contribution < 1.29 is 0 Å². The van der Waals surface area contributed by atoms with E-state index in [2.05, 4.69) is 121 Å². The zero-order chi connectivity index (χ0) is 27.1. The molecular weight excluding hydrogens is 484 g/mol. The summed E-state index contributed by atoms with van der Waals surface area (Å²) in [5, 5.41) is 5.05. The molecular formula is C38H28N2. The highest BCUT2D eigenvalue weighted by Crippen LogP contribution is 2.44. The summed E-state index contributed by atoms with van der Waals surface area (Å²) >= 11 is 0. The van der Waals surface area contributed by atoms with E-state index in [1.807, 2.05) is 36.9 Å². The second-order valence-electron chi connectivity index (χ2n) is 10.4. The minimum atomic E-state index is 1.14. The summed E-state index contributed by atoms with van der Waals surface area (Å²) in [5.74, 6) is 0. The molecule has 0 amide bonds. The molecule has 2 nitrogen and oxygen atoms in total. The smallest absolute Gasteiger partial charge is 0.0346 e. The first kappa shape index (κ1) is 24.0. The molecule has 7 aromatic rings. The topological polar surface area (TPSA) is 25.8 Å². The molecule has 0 atom stereocenters. The Morgan fingerprint density at radius 1 is 0.400 bits per heavy atom. The van der Waals surface area contributed by atoms with Crippen molar-refractivity contribution in [3.63, 3.8) is 0 Å². The van der Waals surface area contributed by atoms with E-state index < -0.39 is 0 Å². The lowest BCUT2D eigenvalue weighted by Gasteiger charge is -2.19. The molecule has 2 heteroatoms. The minimum absolute atomic E-state index is 1.14.